The zero-order valence-corrected chi connectivity index (χ0v) is 15.1. The molecule has 1 aromatic carbocycles. The lowest BCUT2D eigenvalue weighted by molar-refractivity contribution is -0.385. The number of hydrogen-bond donors (Lipinski definition) is 0. The molecule has 0 N–H and O–H groups in total. The van der Waals surface area contributed by atoms with Crippen LogP contribution in [0.1, 0.15) is 13.8 Å². The van der Waals surface area contributed by atoms with Gasteiger partial charge in [0.1, 0.15) is 17.0 Å². The van der Waals surface area contributed by atoms with Crippen molar-refractivity contribution in [1.29, 1.82) is 0 Å². The van der Waals surface area contributed by atoms with E-state index in [1.54, 1.807) is 6.07 Å². The first-order chi connectivity index (χ1) is 12.6. The van der Waals surface area contributed by atoms with E-state index in [1.807, 2.05) is 42.7 Å². The van der Waals surface area contributed by atoms with E-state index in [2.05, 4.69) is 15.2 Å². The summed E-state index contributed by atoms with van der Waals surface area (Å²) < 4.78 is 7.65. The van der Waals surface area contributed by atoms with Crippen molar-refractivity contribution >= 4 is 17.4 Å². The largest absolute Gasteiger partial charge is 0.493 e. The van der Waals surface area contributed by atoms with Crippen LogP contribution in [0, 0.1) is 10.1 Å². The van der Waals surface area contributed by atoms with Crippen LogP contribution >= 0.6 is 11.8 Å². The minimum Gasteiger partial charge on any atom is -0.493 e. The molecule has 0 aliphatic heterocycles. The Morgan fingerprint density at radius 2 is 2.00 bits per heavy atom. The van der Waals surface area contributed by atoms with Crippen LogP contribution in [0.15, 0.2) is 52.8 Å². The Labute approximate surface area is 154 Å². The summed E-state index contributed by atoms with van der Waals surface area (Å²) in [6.45, 7) is 5.16. The molecule has 0 bridgehead atoms. The molecule has 0 unspecified atom stereocenters. The van der Waals surface area contributed by atoms with Gasteiger partial charge in [-0.1, -0.05) is 12.1 Å². The summed E-state index contributed by atoms with van der Waals surface area (Å²) in [5, 5.41) is 20.6. The average molecular weight is 371 g/mol. The second kappa shape index (κ2) is 7.96. The fourth-order valence-corrected chi connectivity index (χ4v) is 3.25. The van der Waals surface area contributed by atoms with Crippen molar-refractivity contribution in [2.75, 3.05) is 6.61 Å². The maximum Gasteiger partial charge on any atom is 0.287 e. The van der Waals surface area contributed by atoms with E-state index in [1.165, 1.54) is 24.0 Å². The summed E-state index contributed by atoms with van der Waals surface area (Å²) >= 11 is 1.31. The molecule has 2 aromatic heterocycles. The summed E-state index contributed by atoms with van der Waals surface area (Å²) in [5.41, 5.74) is 0.824. The van der Waals surface area contributed by atoms with Gasteiger partial charge in [-0.3, -0.25) is 10.1 Å². The Balaban J connectivity index is 1.92. The molecule has 0 spiro atoms. The Morgan fingerprint density at radius 3 is 2.65 bits per heavy atom. The molecule has 0 saturated carbocycles. The first kappa shape index (κ1) is 17.9. The highest BCUT2D eigenvalue weighted by Gasteiger charge is 2.17. The maximum atomic E-state index is 10.7. The minimum atomic E-state index is -0.473. The summed E-state index contributed by atoms with van der Waals surface area (Å²) in [7, 11) is 0. The van der Waals surface area contributed by atoms with Gasteiger partial charge in [-0.15, -0.1) is 10.2 Å². The lowest BCUT2D eigenvalue weighted by atomic mass is 10.2. The van der Waals surface area contributed by atoms with Gasteiger partial charge in [-0.25, -0.2) is 4.98 Å². The molecule has 26 heavy (non-hydrogen) atoms. The minimum absolute atomic E-state index is 0.0439. The third kappa shape index (κ3) is 3.67. The lowest BCUT2D eigenvalue weighted by Gasteiger charge is -2.11. The van der Waals surface area contributed by atoms with E-state index < -0.39 is 4.92 Å². The maximum absolute atomic E-state index is 10.7. The normalized spacial score (nSPS) is 10.7. The molecule has 0 radical (unpaired) electrons. The molecule has 3 aromatic rings. The van der Waals surface area contributed by atoms with Gasteiger partial charge >= 0.3 is 0 Å². The average Bonchev–Trinajstić information content (AvgIpc) is 3.05. The van der Waals surface area contributed by atoms with E-state index in [4.69, 9.17) is 4.74 Å². The Morgan fingerprint density at radius 1 is 1.19 bits per heavy atom. The van der Waals surface area contributed by atoms with E-state index in [9.17, 15) is 10.1 Å². The summed E-state index contributed by atoms with van der Waals surface area (Å²) in [5.74, 6) is 1.46. The van der Waals surface area contributed by atoms with Crippen LogP contribution in [0.4, 0.5) is 5.69 Å². The van der Waals surface area contributed by atoms with Gasteiger partial charge in [0.2, 0.25) is 0 Å². The van der Waals surface area contributed by atoms with Crippen molar-refractivity contribution in [3.8, 4) is 17.1 Å². The number of para-hydroxylation sites is 1. The highest BCUT2D eigenvalue weighted by molar-refractivity contribution is 7.99. The third-order valence-electron chi connectivity index (χ3n) is 3.59. The zero-order chi connectivity index (χ0) is 18.5. The van der Waals surface area contributed by atoms with Gasteiger partial charge in [0.05, 0.1) is 17.1 Å². The van der Waals surface area contributed by atoms with Crippen molar-refractivity contribution < 1.29 is 9.66 Å². The topological polar surface area (TPSA) is 96.0 Å². The highest BCUT2D eigenvalue weighted by Crippen LogP contribution is 2.33. The molecule has 0 aliphatic rings. The molecule has 2 heterocycles. The number of nitro groups is 1. The highest BCUT2D eigenvalue weighted by atomic mass is 32.2. The number of pyridine rings is 1. The van der Waals surface area contributed by atoms with Crippen molar-refractivity contribution in [3.63, 3.8) is 0 Å². The summed E-state index contributed by atoms with van der Waals surface area (Å²) in [6, 6.07) is 10.7. The molecule has 9 heteroatoms. The molecule has 0 fully saturated rings. The van der Waals surface area contributed by atoms with E-state index in [0.29, 0.717) is 29.2 Å². The number of rotatable bonds is 7. The van der Waals surface area contributed by atoms with Gasteiger partial charge < -0.3 is 9.30 Å². The fraction of sp³-hybridized carbons (Fsp3) is 0.235. The Bertz CT molecular complexity index is 911. The van der Waals surface area contributed by atoms with E-state index in [-0.39, 0.29) is 5.69 Å². The van der Waals surface area contributed by atoms with Gasteiger partial charge in [0.25, 0.3) is 5.69 Å². The lowest BCUT2D eigenvalue weighted by Crippen LogP contribution is -2.02. The first-order valence-corrected chi connectivity index (χ1v) is 8.89. The number of ether oxygens (including phenoxy) is 1. The standard InChI is InChI=1S/C17H17N5O3S/c1-3-21-16(13-7-5-6-8-14(13)25-4-2)19-20-17(21)26-15-10-9-12(11-18-15)22(23)24/h5-11H,3-4H2,1-2H3. The zero-order valence-electron chi connectivity index (χ0n) is 14.3. The van der Waals surface area contributed by atoms with Crippen molar-refractivity contribution in [1.82, 2.24) is 19.7 Å². The van der Waals surface area contributed by atoms with Crippen LogP contribution in [0.5, 0.6) is 5.75 Å². The molecular weight excluding hydrogens is 354 g/mol. The molecule has 0 aliphatic carbocycles. The third-order valence-corrected chi connectivity index (χ3v) is 4.52. The second-order valence-corrected chi connectivity index (χ2v) is 6.18. The van der Waals surface area contributed by atoms with Crippen LogP contribution in [-0.2, 0) is 6.54 Å². The van der Waals surface area contributed by atoms with E-state index >= 15 is 0 Å². The molecule has 0 saturated heterocycles. The molecule has 8 nitrogen and oxygen atoms in total. The fourth-order valence-electron chi connectivity index (χ4n) is 2.42. The smallest absolute Gasteiger partial charge is 0.287 e. The van der Waals surface area contributed by atoms with Crippen molar-refractivity contribution in [2.24, 2.45) is 0 Å². The molecular formula is C17H17N5O3S. The summed E-state index contributed by atoms with van der Waals surface area (Å²) in [4.78, 5) is 14.4. The van der Waals surface area contributed by atoms with Crippen molar-refractivity contribution in [3.05, 3.63) is 52.7 Å². The Kier molecular flexibility index (Phi) is 5.47. The van der Waals surface area contributed by atoms with Crippen LogP contribution in [0.3, 0.4) is 0 Å². The number of nitrogens with zero attached hydrogens (tertiary/aromatic N) is 5. The monoisotopic (exact) mass is 371 g/mol. The van der Waals surface area contributed by atoms with E-state index in [0.717, 1.165) is 11.3 Å². The van der Waals surface area contributed by atoms with Gasteiger partial charge in [0.15, 0.2) is 11.0 Å². The molecule has 0 amide bonds. The molecule has 134 valence electrons. The van der Waals surface area contributed by atoms with Crippen molar-refractivity contribution in [2.45, 2.75) is 30.6 Å². The Hall–Kier alpha value is -2.94. The molecule has 3 rings (SSSR count). The van der Waals surface area contributed by atoms with Crippen LogP contribution in [0.2, 0.25) is 0 Å². The quantitative estimate of drug-likeness (QED) is 0.460. The number of aromatic nitrogens is 4. The number of benzene rings is 1. The predicted octanol–water partition coefficient (Wildman–Crippen LogP) is 3.82. The second-order valence-electron chi connectivity index (χ2n) is 5.19. The van der Waals surface area contributed by atoms with Gasteiger partial charge in [-0.05, 0) is 43.8 Å². The van der Waals surface area contributed by atoms with Crippen LogP contribution in [-0.4, -0.2) is 31.3 Å². The van der Waals surface area contributed by atoms with Crippen LogP contribution < -0.4 is 4.74 Å². The van der Waals surface area contributed by atoms with Gasteiger partial charge in [0, 0.05) is 12.6 Å². The van der Waals surface area contributed by atoms with Crippen LogP contribution in [0.25, 0.3) is 11.4 Å². The molecule has 0 atom stereocenters. The number of hydrogen-bond acceptors (Lipinski definition) is 7. The predicted molar refractivity (Wildman–Crippen MR) is 97.3 cm³/mol. The SMILES string of the molecule is CCOc1ccccc1-c1nnc(Sc2ccc([N+](=O)[O-])cn2)n1CC. The van der Waals surface area contributed by atoms with Gasteiger partial charge in [-0.2, -0.15) is 0 Å². The summed E-state index contributed by atoms with van der Waals surface area (Å²) in [6.07, 6.45) is 1.24. The first-order valence-electron chi connectivity index (χ1n) is 8.07.